The molecule has 3 rings (SSSR count). The summed E-state index contributed by atoms with van der Waals surface area (Å²) in [5.74, 6) is 0.278. The quantitative estimate of drug-likeness (QED) is 0.596. The van der Waals surface area contributed by atoms with Gasteiger partial charge in [0.15, 0.2) is 0 Å². The van der Waals surface area contributed by atoms with Crippen LogP contribution in [0.15, 0.2) is 52.6 Å². The summed E-state index contributed by atoms with van der Waals surface area (Å²) in [4.78, 5) is 4.60. The van der Waals surface area contributed by atoms with Crippen molar-refractivity contribution < 1.29 is 5.11 Å². The molecule has 3 nitrogen and oxygen atoms in total. The molecule has 2 N–H and O–H groups in total. The van der Waals surface area contributed by atoms with E-state index in [1.165, 1.54) is 0 Å². The standard InChI is InChI=1S/C16H13IN2OS/c17-8-1-9-18-12-4-2-11(3-5-12)16-19-14-7-6-13(20)10-15(14)21-16/h1-8,10,18,20H,9H2/b8-1+. The predicted molar refractivity (Wildman–Crippen MR) is 98.4 cm³/mol. The maximum atomic E-state index is 9.51. The second kappa shape index (κ2) is 6.44. The van der Waals surface area contributed by atoms with Gasteiger partial charge in [-0.15, -0.1) is 11.3 Å². The SMILES string of the molecule is Oc1ccc2nc(-c3ccc(NC/C=C/I)cc3)sc2c1. The van der Waals surface area contributed by atoms with Gasteiger partial charge in [-0.25, -0.2) is 4.98 Å². The van der Waals surface area contributed by atoms with Gasteiger partial charge in [-0.1, -0.05) is 28.7 Å². The number of nitrogens with zero attached hydrogens (tertiary/aromatic N) is 1. The fraction of sp³-hybridized carbons (Fsp3) is 0.0625. The molecule has 0 fully saturated rings. The number of fused-ring (bicyclic) bond motifs is 1. The molecular weight excluding hydrogens is 395 g/mol. The fourth-order valence-electron chi connectivity index (χ4n) is 1.99. The largest absolute Gasteiger partial charge is 0.508 e. The van der Waals surface area contributed by atoms with E-state index in [-0.39, 0.29) is 5.75 Å². The molecule has 0 aliphatic rings. The molecule has 0 saturated heterocycles. The maximum Gasteiger partial charge on any atom is 0.124 e. The van der Waals surface area contributed by atoms with Gasteiger partial charge in [-0.3, -0.25) is 0 Å². The first-order chi connectivity index (χ1) is 10.3. The van der Waals surface area contributed by atoms with Gasteiger partial charge in [-0.05, 0) is 46.5 Å². The molecule has 0 aliphatic carbocycles. The van der Waals surface area contributed by atoms with E-state index < -0.39 is 0 Å². The Hall–Kier alpha value is -1.60. The summed E-state index contributed by atoms with van der Waals surface area (Å²) >= 11 is 3.79. The number of phenols is 1. The van der Waals surface area contributed by atoms with Gasteiger partial charge >= 0.3 is 0 Å². The number of benzene rings is 2. The normalized spacial score (nSPS) is 11.3. The van der Waals surface area contributed by atoms with Gasteiger partial charge in [0, 0.05) is 17.8 Å². The average Bonchev–Trinajstić information content (AvgIpc) is 2.91. The van der Waals surface area contributed by atoms with Crippen LogP contribution in [0, 0.1) is 0 Å². The summed E-state index contributed by atoms with van der Waals surface area (Å²) in [5, 5.41) is 13.8. The zero-order valence-electron chi connectivity index (χ0n) is 11.1. The maximum absolute atomic E-state index is 9.51. The monoisotopic (exact) mass is 408 g/mol. The number of anilines is 1. The Bertz CT molecular complexity index is 781. The number of nitrogens with one attached hydrogen (secondary N) is 1. The Labute approximate surface area is 140 Å². The molecule has 0 radical (unpaired) electrons. The van der Waals surface area contributed by atoms with Gasteiger partial charge in [0.2, 0.25) is 0 Å². The average molecular weight is 408 g/mol. The minimum Gasteiger partial charge on any atom is -0.508 e. The summed E-state index contributed by atoms with van der Waals surface area (Å²) in [6.07, 6.45) is 2.06. The minimum absolute atomic E-state index is 0.278. The molecule has 21 heavy (non-hydrogen) atoms. The lowest BCUT2D eigenvalue weighted by atomic mass is 10.2. The van der Waals surface area contributed by atoms with Crippen LogP contribution in [0.5, 0.6) is 5.75 Å². The van der Waals surface area contributed by atoms with Gasteiger partial charge in [0.1, 0.15) is 10.8 Å². The van der Waals surface area contributed by atoms with E-state index in [4.69, 9.17) is 0 Å². The molecule has 0 unspecified atom stereocenters. The van der Waals surface area contributed by atoms with Gasteiger partial charge < -0.3 is 10.4 Å². The molecular formula is C16H13IN2OS. The molecule has 2 aromatic carbocycles. The molecule has 0 aliphatic heterocycles. The first kappa shape index (κ1) is 14.3. The van der Waals surface area contributed by atoms with E-state index >= 15 is 0 Å². The van der Waals surface area contributed by atoms with Gasteiger partial charge in [0.25, 0.3) is 0 Å². The number of hydrogen-bond acceptors (Lipinski definition) is 4. The van der Waals surface area contributed by atoms with Crippen LogP contribution in [0.3, 0.4) is 0 Å². The van der Waals surface area contributed by atoms with Crippen molar-refractivity contribution in [3.63, 3.8) is 0 Å². The van der Waals surface area contributed by atoms with Crippen molar-refractivity contribution in [2.45, 2.75) is 0 Å². The molecule has 3 aromatic rings. The zero-order chi connectivity index (χ0) is 14.7. The summed E-state index contributed by atoms with van der Waals surface area (Å²) in [7, 11) is 0. The second-order valence-electron chi connectivity index (χ2n) is 4.49. The van der Waals surface area contributed by atoms with Crippen LogP contribution in [0.2, 0.25) is 0 Å². The third-order valence-electron chi connectivity index (χ3n) is 3.02. The Morgan fingerprint density at radius 2 is 2.00 bits per heavy atom. The molecule has 0 saturated carbocycles. The Kier molecular flexibility index (Phi) is 4.40. The van der Waals surface area contributed by atoms with E-state index in [0.717, 1.165) is 33.0 Å². The molecule has 0 bridgehead atoms. The highest BCUT2D eigenvalue weighted by Crippen LogP contribution is 2.32. The number of thiazole rings is 1. The zero-order valence-corrected chi connectivity index (χ0v) is 14.1. The van der Waals surface area contributed by atoms with Crippen molar-refractivity contribution in [1.82, 2.24) is 4.98 Å². The molecule has 0 spiro atoms. The van der Waals surface area contributed by atoms with Crippen molar-refractivity contribution in [3.8, 4) is 16.3 Å². The van der Waals surface area contributed by atoms with Crippen molar-refractivity contribution in [1.29, 1.82) is 0 Å². The molecule has 1 aromatic heterocycles. The summed E-state index contributed by atoms with van der Waals surface area (Å²) in [6.45, 7) is 0.822. The number of aromatic nitrogens is 1. The lowest BCUT2D eigenvalue weighted by Crippen LogP contribution is -1.97. The Balaban J connectivity index is 1.84. The van der Waals surface area contributed by atoms with E-state index in [0.29, 0.717) is 0 Å². The highest BCUT2D eigenvalue weighted by atomic mass is 127. The third kappa shape index (κ3) is 3.36. The van der Waals surface area contributed by atoms with Crippen molar-refractivity contribution in [3.05, 3.63) is 52.6 Å². The molecule has 1 heterocycles. The smallest absolute Gasteiger partial charge is 0.124 e. The Morgan fingerprint density at radius 3 is 2.76 bits per heavy atom. The predicted octanol–water partition coefficient (Wildman–Crippen LogP) is 5.03. The minimum atomic E-state index is 0.278. The lowest BCUT2D eigenvalue weighted by molar-refractivity contribution is 0.476. The Morgan fingerprint density at radius 1 is 1.19 bits per heavy atom. The van der Waals surface area contributed by atoms with Crippen LogP contribution in [0.4, 0.5) is 5.69 Å². The summed E-state index contributed by atoms with van der Waals surface area (Å²) in [5.41, 5.74) is 3.10. The number of aromatic hydroxyl groups is 1. The number of phenolic OH excluding ortho intramolecular Hbond substituents is 1. The van der Waals surface area contributed by atoms with Crippen LogP contribution in [-0.4, -0.2) is 16.6 Å². The molecule has 5 heteroatoms. The van der Waals surface area contributed by atoms with Crippen molar-refractivity contribution >= 4 is 49.8 Å². The summed E-state index contributed by atoms with van der Waals surface area (Å²) < 4.78 is 3.00. The van der Waals surface area contributed by atoms with E-state index in [1.807, 2.05) is 10.1 Å². The fourth-order valence-corrected chi connectivity index (χ4v) is 3.25. The molecule has 0 atom stereocenters. The van der Waals surface area contributed by atoms with Gasteiger partial charge in [-0.2, -0.15) is 0 Å². The molecule has 0 amide bonds. The van der Waals surface area contributed by atoms with Gasteiger partial charge in [0.05, 0.1) is 10.2 Å². The van der Waals surface area contributed by atoms with Crippen LogP contribution in [0.25, 0.3) is 20.8 Å². The third-order valence-corrected chi connectivity index (χ3v) is 4.59. The highest BCUT2D eigenvalue weighted by molar-refractivity contribution is 14.1. The second-order valence-corrected chi connectivity index (χ2v) is 6.24. The first-order valence-electron chi connectivity index (χ1n) is 6.45. The summed E-state index contributed by atoms with van der Waals surface area (Å²) in [6, 6.07) is 13.5. The van der Waals surface area contributed by atoms with E-state index in [2.05, 4.69) is 63.2 Å². The number of rotatable bonds is 4. The number of hydrogen-bond donors (Lipinski definition) is 2. The topological polar surface area (TPSA) is 45.2 Å². The van der Waals surface area contributed by atoms with Crippen LogP contribution in [0.1, 0.15) is 0 Å². The van der Waals surface area contributed by atoms with E-state index in [9.17, 15) is 5.11 Å². The van der Waals surface area contributed by atoms with Crippen LogP contribution < -0.4 is 5.32 Å². The molecule has 106 valence electrons. The van der Waals surface area contributed by atoms with E-state index in [1.54, 1.807) is 23.5 Å². The number of halogens is 1. The first-order valence-corrected chi connectivity index (χ1v) is 8.51. The van der Waals surface area contributed by atoms with Crippen molar-refractivity contribution in [2.24, 2.45) is 0 Å². The van der Waals surface area contributed by atoms with Crippen LogP contribution >= 0.6 is 33.9 Å². The lowest BCUT2D eigenvalue weighted by Gasteiger charge is -2.03. The van der Waals surface area contributed by atoms with Crippen molar-refractivity contribution in [2.75, 3.05) is 11.9 Å². The van der Waals surface area contributed by atoms with Crippen LogP contribution in [-0.2, 0) is 0 Å². The highest BCUT2D eigenvalue weighted by Gasteiger charge is 2.06.